The predicted molar refractivity (Wildman–Crippen MR) is 66.4 cm³/mol. The van der Waals surface area contributed by atoms with Gasteiger partial charge in [0.1, 0.15) is 0 Å². The van der Waals surface area contributed by atoms with Gasteiger partial charge >= 0.3 is 0 Å². The maximum absolute atomic E-state index is 3.63. The number of halogens is 3. The summed E-state index contributed by atoms with van der Waals surface area (Å²) >= 11 is 12.4. The fourth-order valence-corrected chi connectivity index (χ4v) is 4.10. The third kappa shape index (κ3) is 3.13. The number of hydrogen-bond donors (Lipinski definition) is 0. The number of alkyl halides is 1. The molecule has 0 aliphatic carbocycles. The molecule has 0 amide bonds. The van der Waals surface area contributed by atoms with Crippen LogP contribution in [-0.2, 0) is 6.42 Å². The second-order valence-electron chi connectivity index (χ2n) is 2.56. The molecule has 4 heteroatoms. The van der Waals surface area contributed by atoms with Crippen LogP contribution in [0.3, 0.4) is 0 Å². The highest BCUT2D eigenvalue weighted by atomic mass is 79.9. The summed E-state index contributed by atoms with van der Waals surface area (Å²) in [6.45, 7) is 2.19. The Kier molecular flexibility index (Phi) is 4.79. The van der Waals surface area contributed by atoms with Crippen LogP contribution in [0, 0.1) is 0 Å². The van der Waals surface area contributed by atoms with Gasteiger partial charge in [-0.3, -0.25) is 0 Å². The molecule has 1 aromatic heterocycles. The van der Waals surface area contributed by atoms with Crippen LogP contribution in [0.1, 0.15) is 18.9 Å². The fourth-order valence-electron chi connectivity index (χ4n) is 0.896. The van der Waals surface area contributed by atoms with Gasteiger partial charge in [-0.25, -0.2) is 0 Å². The van der Waals surface area contributed by atoms with Crippen molar-refractivity contribution in [3.8, 4) is 0 Å². The van der Waals surface area contributed by atoms with Gasteiger partial charge in [-0.05, 0) is 56.3 Å². The Hall–Kier alpha value is 1.14. The van der Waals surface area contributed by atoms with Crippen LogP contribution >= 0.6 is 59.1 Å². The van der Waals surface area contributed by atoms with E-state index in [-0.39, 0.29) is 0 Å². The van der Waals surface area contributed by atoms with Crippen molar-refractivity contribution in [2.24, 2.45) is 0 Å². The Bertz CT molecular complexity index is 257. The van der Waals surface area contributed by atoms with Crippen LogP contribution in [0.5, 0.6) is 0 Å². The number of thiophene rings is 1. The lowest BCUT2D eigenvalue weighted by atomic mass is 10.1. The van der Waals surface area contributed by atoms with Crippen molar-refractivity contribution in [2.75, 3.05) is 0 Å². The molecule has 0 spiro atoms. The van der Waals surface area contributed by atoms with E-state index in [4.69, 9.17) is 0 Å². The lowest BCUT2D eigenvalue weighted by molar-refractivity contribution is 0.830. The molecule has 68 valence electrons. The van der Waals surface area contributed by atoms with Crippen LogP contribution in [0.25, 0.3) is 0 Å². The topological polar surface area (TPSA) is 0 Å². The van der Waals surface area contributed by atoms with Gasteiger partial charge < -0.3 is 0 Å². The van der Waals surface area contributed by atoms with E-state index in [2.05, 4.69) is 60.8 Å². The highest BCUT2D eigenvalue weighted by Gasteiger charge is 2.09. The zero-order chi connectivity index (χ0) is 9.14. The molecule has 0 N–H and O–H groups in total. The lowest BCUT2D eigenvalue weighted by Gasteiger charge is -2.04. The van der Waals surface area contributed by atoms with E-state index in [1.165, 1.54) is 19.6 Å². The minimum Gasteiger partial charge on any atom is -0.121 e. The summed E-state index contributed by atoms with van der Waals surface area (Å²) in [6.07, 6.45) is 2.26. The van der Waals surface area contributed by atoms with E-state index < -0.39 is 0 Å². The number of rotatable bonds is 3. The zero-order valence-corrected chi connectivity index (χ0v) is 12.2. The minimum absolute atomic E-state index is 0.593. The summed E-state index contributed by atoms with van der Waals surface area (Å²) in [5.74, 6) is 0. The van der Waals surface area contributed by atoms with E-state index in [9.17, 15) is 0 Å². The normalized spacial score (nSPS) is 13.3. The molecule has 0 bridgehead atoms. The van der Waals surface area contributed by atoms with Crippen LogP contribution in [-0.4, -0.2) is 4.83 Å². The molecule has 1 heterocycles. The van der Waals surface area contributed by atoms with Gasteiger partial charge in [-0.2, -0.15) is 0 Å². The van der Waals surface area contributed by atoms with E-state index in [1.807, 2.05) is 0 Å². The summed E-state index contributed by atoms with van der Waals surface area (Å²) in [6, 6.07) is 2.18. The van der Waals surface area contributed by atoms with E-state index in [1.54, 1.807) is 11.3 Å². The van der Waals surface area contributed by atoms with E-state index in [0.29, 0.717) is 4.83 Å². The van der Waals surface area contributed by atoms with Gasteiger partial charge in [-0.15, -0.1) is 11.3 Å². The average molecular weight is 377 g/mol. The van der Waals surface area contributed by atoms with Crippen molar-refractivity contribution < 1.29 is 0 Å². The molecule has 0 aliphatic heterocycles. The minimum atomic E-state index is 0.593. The predicted octanol–water partition coefficient (Wildman–Crippen LogP) is 4.99. The second-order valence-corrected chi connectivity index (χ2v) is 7.60. The van der Waals surface area contributed by atoms with Crippen LogP contribution < -0.4 is 0 Å². The fraction of sp³-hybridized carbons (Fsp3) is 0.500. The molecule has 0 nitrogen and oxygen atoms in total. The van der Waals surface area contributed by atoms with Gasteiger partial charge in [0, 0.05) is 4.83 Å². The molecule has 12 heavy (non-hydrogen) atoms. The monoisotopic (exact) mass is 374 g/mol. The Labute approximate surface area is 102 Å². The first-order valence-corrected chi connectivity index (χ1v) is 7.03. The Morgan fingerprint density at radius 3 is 2.58 bits per heavy atom. The standard InChI is InChI=1S/C8H9Br3S/c1-2-6(9)3-5-4-7(10)12-8(5)11/h4,6H,2-3H2,1H3. The van der Waals surface area contributed by atoms with Crippen LogP contribution in [0.15, 0.2) is 13.6 Å². The summed E-state index contributed by atoms with van der Waals surface area (Å²) in [4.78, 5) is 0.593. The first kappa shape index (κ1) is 11.2. The maximum Gasteiger partial charge on any atom is 0.0742 e. The molecule has 1 aromatic rings. The Morgan fingerprint density at radius 2 is 2.17 bits per heavy atom. The largest absolute Gasteiger partial charge is 0.121 e. The van der Waals surface area contributed by atoms with Crippen molar-refractivity contribution in [1.29, 1.82) is 0 Å². The molecule has 1 unspecified atom stereocenters. The SMILES string of the molecule is CCC(Br)Cc1cc(Br)sc1Br. The van der Waals surface area contributed by atoms with Crippen molar-refractivity contribution in [3.63, 3.8) is 0 Å². The average Bonchev–Trinajstić information content (AvgIpc) is 2.30. The lowest BCUT2D eigenvalue weighted by Crippen LogP contribution is -1.99. The first-order valence-electron chi connectivity index (χ1n) is 3.71. The molecule has 0 saturated carbocycles. The maximum atomic E-state index is 3.63. The third-order valence-corrected chi connectivity index (χ3v) is 5.05. The molecule has 0 fully saturated rings. The molecule has 0 radical (unpaired) electrons. The molecule has 0 aliphatic rings. The summed E-state index contributed by atoms with van der Waals surface area (Å²) in [5, 5.41) is 0. The highest BCUT2D eigenvalue weighted by Crippen LogP contribution is 2.33. The second kappa shape index (κ2) is 5.13. The van der Waals surface area contributed by atoms with Crippen molar-refractivity contribution in [3.05, 3.63) is 19.2 Å². The van der Waals surface area contributed by atoms with Crippen molar-refractivity contribution >= 4 is 59.1 Å². The number of hydrogen-bond acceptors (Lipinski definition) is 1. The van der Waals surface area contributed by atoms with E-state index in [0.717, 1.165) is 6.42 Å². The van der Waals surface area contributed by atoms with Gasteiger partial charge in [-0.1, -0.05) is 22.9 Å². The molecular formula is C8H9Br3S. The Morgan fingerprint density at radius 1 is 1.50 bits per heavy atom. The van der Waals surface area contributed by atoms with Gasteiger partial charge in [0.25, 0.3) is 0 Å². The molecule has 0 saturated heterocycles. The van der Waals surface area contributed by atoms with Crippen LogP contribution in [0.4, 0.5) is 0 Å². The Balaban J connectivity index is 2.68. The summed E-state index contributed by atoms with van der Waals surface area (Å²) in [7, 11) is 0. The van der Waals surface area contributed by atoms with Crippen LogP contribution in [0.2, 0.25) is 0 Å². The molecule has 1 rings (SSSR count). The smallest absolute Gasteiger partial charge is 0.0742 e. The zero-order valence-electron chi connectivity index (χ0n) is 6.61. The molecule has 1 atom stereocenters. The van der Waals surface area contributed by atoms with Gasteiger partial charge in [0.2, 0.25) is 0 Å². The van der Waals surface area contributed by atoms with Gasteiger partial charge in [0.05, 0.1) is 7.57 Å². The highest BCUT2D eigenvalue weighted by molar-refractivity contribution is 9.12. The first-order chi connectivity index (χ1) is 5.63. The van der Waals surface area contributed by atoms with Crippen molar-refractivity contribution in [1.82, 2.24) is 0 Å². The van der Waals surface area contributed by atoms with Gasteiger partial charge in [0.15, 0.2) is 0 Å². The molecule has 0 aromatic carbocycles. The van der Waals surface area contributed by atoms with E-state index >= 15 is 0 Å². The summed E-state index contributed by atoms with van der Waals surface area (Å²) < 4.78 is 2.44. The quantitative estimate of drug-likeness (QED) is 0.652. The van der Waals surface area contributed by atoms with Crippen molar-refractivity contribution in [2.45, 2.75) is 24.6 Å². The summed E-state index contributed by atoms with van der Waals surface area (Å²) in [5.41, 5.74) is 1.38. The third-order valence-electron chi connectivity index (χ3n) is 1.61. The molecular weight excluding hydrogens is 368 g/mol.